The summed E-state index contributed by atoms with van der Waals surface area (Å²) in [5.41, 5.74) is 3.84. The molecule has 132 valence electrons. The Kier molecular flexibility index (Phi) is 4.35. The number of carbonyl (C=O) groups excluding carboxylic acids is 1. The van der Waals surface area contributed by atoms with Crippen LogP contribution in [-0.4, -0.2) is 24.4 Å². The molecular weight excluding hydrogens is 480 g/mol. The van der Waals surface area contributed by atoms with Crippen LogP contribution in [0, 0.1) is 9.39 Å². The Hall–Kier alpha value is -1.95. The smallest absolute Gasteiger partial charge is 0.464 e. The summed E-state index contributed by atoms with van der Waals surface area (Å²) in [5, 5.41) is -0.447. The van der Waals surface area contributed by atoms with Crippen LogP contribution < -0.4 is 15.2 Å². The van der Waals surface area contributed by atoms with E-state index in [1.54, 1.807) is 22.6 Å². The molecule has 0 fully saturated rings. The number of nitrogens with zero attached hydrogens (tertiary/aromatic N) is 1. The Morgan fingerprint density at radius 3 is 2.64 bits per heavy atom. The van der Waals surface area contributed by atoms with Gasteiger partial charge in [0.25, 0.3) is 0 Å². The van der Waals surface area contributed by atoms with Crippen LogP contribution in [0.15, 0.2) is 12.1 Å². The Labute approximate surface area is 157 Å². The molecule has 1 aromatic carbocycles. The molecule has 2 aromatic rings. The van der Waals surface area contributed by atoms with E-state index < -0.39 is 45.9 Å². The predicted molar refractivity (Wildman–Crippen MR) is 89.3 cm³/mol. The Morgan fingerprint density at radius 1 is 1.36 bits per heavy atom. The van der Waals surface area contributed by atoms with E-state index in [4.69, 9.17) is 17.3 Å². The van der Waals surface area contributed by atoms with Crippen molar-refractivity contribution < 1.29 is 32.2 Å². The third kappa shape index (κ3) is 2.92. The highest BCUT2D eigenvalue weighted by atomic mass is 127. The highest BCUT2D eigenvalue weighted by molar-refractivity contribution is 14.1. The number of pyridine rings is 1. The molecule has 1 aliphatic heterocycles. The second-order valence-corrected chi connectivity index (χ2v) is 6.30. The van der Waals surface area contributed by atoms with Crippen LogP contribution in [0.4, 0.5) is 18.9 Å². The van der Waals surface area contributed by atoms with Crippen LogP contribution in [0.25, 0.3) is 11.3 Å². The molecule has 0 spiro atoms. The molecule has 0 amide bonds. The lowest BCUT2D eigenvalue weighted by atomic mass is 10.1. The number of aromatic nitrogens is 1. The van der Waals surface area contributed by atoms with Gasteiger partial charge < -0.3 is 19.9 Å². The van der Waals surface area contributed by atoms with Gasteiger partial charge >= 0.3 is 12.3 Å². The number of alkyl halides is 2. The highest BCUT2D eigenvalue weighted by Gasteiger charge is 2.46. The van der Waals surface area contributed by atoms with E-state index in [1.807, 2.05) is 0 Å². The van der Waals surface area contributed by atoms with Crippen molar-refractivity contribution in [1.82, 2.24) is 4.98 Å². The standard InChI is InChI=1S/C14H7ClF3IN2O4/c1-23-13(22)10-6(15)8(20)7(16)9(21-10)4-2-3-5(19)12-11(4)24-14(17,18)25-12/h2-3H,1H3,(H2,20,21). The number of methoxy groups -OCH3 is 1. The summed E-state index contributed by atoms with van der Waals surface area (Å²) in [6, 6.07) is 2.68. The summed E-state index contributed by atoms with van der Waals surface area (Å²) in [7, 11) is 1.07. The number of halogens is 5. The van der Waals surface area contributed by atoms with E-state index >= 15 is 0 Å². The molecule has 0 unspecified atom stereocenters. The van der Waals surface area contributed by atoms with Gasteiger partial charge in [0.1, 0.15) is 5.69 Å². The van der Waals surface area contributed by atoms with E-state index in [-0.39, 0.29) is 11.3 Å². The summed E-state index contributed by atoms with van der Waals surface area (Å²) in [5.74, 6) is -2.78. The minimum absolute atomic E-state index is 0.182. The summed E-state index contributed by atoms with van der Waals surface area (Å²) in [6.07, 6.45) is -3.92. The summed E-state index contributed by atoms with van der Waals surface area (Å²) in [4.78, 5) is 15.5. The van der Waals surface area contributed by atoms with Crippen molar-refractivity contribution in [3.8, 4) is 22.8 Å². The number of esters is 1. The largest absolute Gasteiger partial charge is 0.586 e. The zero-order valence-electron chi connectivity index (χ0n) is 12.2. The Morgan fingerprint density at radius 2 is 2.00 bits per heavy atom. The zero-order valence-corrected chi connectivity index (χ0v) is 15.1. The average Bonchev–Trinajstić information content (AvgIpc) is 2.89. The maximum Gasteiger partial charge on any atom is 0.586 e. The predicted octanol–water partition coefficient (Wildman–Crippen LogP) is 3.84. The molecule has 0 saturated heterocycles. The number of rotatable bonds is 2. The SMILES string of the molecule is COC(=O)c1nc(-c2ccc(I)c3c2OC(F)(F)O3)c(F)c(N)c1Cl. The monoisotopic (exact) mass is 486 g/mol. The number of anilines is 1. The normalized spacial score (nSPS) is 14.5. The molecule has 11 heteroatoms. The quantitative estimate of drug-likeness (QED) is 0.513. The van der Waals surface area contributed by atoms with Crippen molar-refractivity contribution in [3.63, 3.8) is 0 Å². The average molecular weight is 487 g/mol. The maximum absolute atomic E-state index is 14.5. The minimum atomic E-state index is -3.92. The Bertz CT molecular complexity index is 910. The number of nitrogen functional groups attached to an aromatic ring is 1. The van der Waals surface area contributed by atoms with Crippen LogP contribution in [0.1, 0.15) is 10.5 Å². The van der Waals surface area contributed by atoms with Gasteiger partial charge in [-0.15, -0.1) is 8.78 Å². The number of hydrogen-bond acceptors (Lipinski definition) is 6. The van der Waals surface area contributed by atoms with Gasteiger partial charge in [0.15, 0.2) is 23.0 Å². The van der Waals surface area contributed by atoms with Crippen molar-refractivity contribution in [2.45, 2.75) is 6.29 Å². The van der Waals surface area contributed by atoms with Gasteiger partial charge in [-0.2, -0.15) is 0 Å². The van der Waals surface area contributed by atoms with Gasteiger partial charge in [0, 0.05) is 5.56 Å². The molecule has 25 heavy (non-hydrogen) atoms. The van der Waals surface area contributed by atoms with E-state index in [0.29, 0.717) is 3.57 Å². The van der Waals surface area contributed by atoms with Gasteiger partial charge in [-0.3, -0.25) is 0 Å². The molecule has 0 bridgehead atoms. The molecule has 0 atom stereocenters. The van der Waals surface area contributed by atoms with Crippen molar-refractivity contribution in [3.05, 3.63) is 32.2 Å². The number of nitrogens with two attached hydrogens (primary N) is 1. The van der Waals surface area contributed by atoms with Gasteiger partial charge in [-0.1, -0.05) is 11.6 Å². The summed E-state index contributed by atoms with van der Waals surface area (Å²) >= 11 is 7.56. The number of hydrogen-bond donors (Lipinski definition) is 1. The third-order valence-electron chi connectivity index (χ3n) is 3.25. The van der Waals surface area contributed by atoms with E-state index in [2.05, 4.69) is 19.2 Å². The first-order valence-electron chi connectivity index (χ1n) is 6.47. The molecule has 2 heterocycles. The lowest BCUT2D eigenvalue weighted by Crippen LogP contribution is -2.26. The molecular formula is C14H7ClF3IN2O4. The summed E-state index contributed by atoms with van der Waals surface area (Å²) < 4.78 is 55.1. The lowest BCUT2D eigenvalue weighted by Gasteiger charge is -2.12. The maximum atomic E-state index is 14.5. The highest BCUT2D eigenvalue weighted by Crippen LogP contribution is 2.50. The number of benzene rings is 1. The van der Waals surface area contributed by atoms with Crippen LogP contribution in [-0.2, 0) is 4.74 Å². The fourth-order valence-electron chi connectivity index (χ4n) is 2.15. The van der Waals surface area contributed by atoms with Crippen molar-refractivity contribution in [2.24, 2.45) is 0 Å². The fourth-order valence-corrected chi connectivity index (χ4v) is 2.89. The first-order valence-corrected chi connectivity index (χ1v) is 7.93. The topological polar surface area (TPSA) is 83.7 Å². The molecule has 0 saturated carbocycles. The first kappa shape index (κ1) is 17.9. The van der Waals surface area contributed by atoms with Crippen molar-refractivity contribution in [1.29, 1.82) is 0 Å². The van der Waals surface area contributed by atoms with Gasteiger partial charge in [-0.05, 0) is 34.7 Å². The van der Waals surface area contributed by atoms with E-state index in [0.717, 1.165) is 7.11 Å². The molecule has 0 aliphatic carbocycles. The minimum Gasteiger partial charge on any atom is -0.464 e. The van der Waals surface area contributed by atoms with Crippen molar-refractivity contribution >= 4 is 45.8 Å². The second kappa shape index (κ2) is 6.09. The summed E-state index contributed by atoms with van der Waals surface area (Å²) in [6.45, 7) is 0. The van der Waals surface area contributed by atoms with Crippen LogP contribution >= 0.6 is 34.2 Å². The molecule has 0 radical (unpaired) electrons. The number of fused-ring (bicyclic) bond motifs is 1. The van der Waals surface area contributed by atoms with Crippen LogP contribution in [0.3, 0.4) is 0 Å². The molecule has 1 aliphatic rings. The van der Waals surface area contributed by atoms with Crippen molar-refractivity contribution in [2.75, 3.05) is 12.8 Å². The zero-order chi connectivity index (χ0) is 18.5. The van der Waals surface area contributed by atoms with E-state index in [9.17, 15) is 18.0 Å². The van der Waals surface area contributed by atoms with Crippen LogP contribution in [0.2, 0.25) is 5.02 Å². The molecule has 6 nitrogen and oxygen atoms in total. The molecule has 1 aromatic heterocycles. The second-order valence-electron chi connectivity index (χ2n) is 4.76. The van der Waals surface area contributed by atoms with Crippen LogP contribution in [0.5, 0.6) is 11.5 Å². The fraction of sp³-hybridized carbons (Fsp3) is 0.143. The Balaban J connectivity index is 2.28. The van der Waals surface area contributed by atoms with Gasteiger partial charge in [0.2, 0.25) is 0 Å². The van der Waals surface area contributed by atoms with Gasteiger partial charge in [-0.25, -0.2) is 14.2 Å². The molecule has 2 N–H and O–H groups in total. The lowest BCUT2D eigenvalue weighted by molar-refractivity contribution is -0.286. The van der Waals surface area contributed by atoms with Gasteiger partial charge in [0.05, 0.1) is 21.4 Å². The van der Waals surface area contributed by atoms with E-state index in [1.165, 1.54) is 12.1 Å². The first-order chi connectivity index (χ1) is 11.7. The third-order valence-corrected chi connectivity index (χ3v) is 4.48. The number of ether oxygens (including phenoxy) is 3. The molecule has 3 rings (SSSR count). The number of carbonyl (C=O) groups is 1.